The van der Waals surface area contributed by atoms with Crippen molar-refractivity contribution in [3.8, 4) is 0 Å². The molecule has 110 valence electrons. The molecule has 2 atom stereocenters. The third kappa shape index (κ3) is 5.01. The lowest BCUT2D eigenvalue weighted by atomic mass is 10.1. The number of carbonyl (C=O) groups excluding carboxylic acids is 2. The lowest BCUT2D eigenvalue weighted by Crippen LogP contribution is -2.48. The second kappa shape index (κ2) is 7.65. The summed E-state index contributed by atoms with van der Waals surface area (Å²) >= 11 is 0. The number of carbonyl (C=O) groups is 2. The van der Waals surface area contributed by atoms with Crippen molar-refractivity contribution in [1.82, 2.24) is 16.0 Å². The molecule has 1 aromatic rings. The summed E-state index contributed by atoms with van der Waals surface area (Å²) in [7, 11) is 0. The van der Waals surface area contributed by atoms with Crippen LogP contribution in [0.2, 0.25) is 0 Å². The smallest absolute Gasteiger partial charge is 0.321 e. The molecule has 1 aromatic carbocycles. The second-order valence-corrected chi connectivity index (χ2v) is 4.87. The van der Waals surface area contributed by atoms with Crippen molar-refractivity contribution in [3.63, 3.8) is 0 Å². The first-order chi connectivity index (χ1) is 9.43. The molecule has 3 amide bonds. The molecule has 0 aliphatic rings. The highest BCUT2D eigenvalue weighted by atomic mass is 16.2. The summed E-state index contributed by atoms with van der Waals surface area (Å²) in [6.45, 7) is 8.04. The van der Waals surface area contributed by atoms with Crippen LogP contribution in [0.4, 0.5) is 4.79 Å². The normalized spacial score (nSPS) is 13.4. The van der Waals surface area contributed by atoms with E-state index >= 15 is 0 Å². The van der Waals surface area contributed by atoms with Gasteiger partial charge in [-0.1, -0.05) is 29.8 Å². The van der Waals surface area contributed by atoms with Gasteiger partial charge < -0.3 is 5.32 Å². The number of aryl methyl sites for hydroxylation is 1. The maximum Gasteiger partial charge on any atom is 0.321 e. The lowest BCUT2D eigenvalue weighted by Gasteiger charge is -2.19. The SMILES string of the molecule is CCNC(=O)NC(=O)C(C)N[C@H](C)c1ccc(C)cc1. The van der Waals surface area contributed by atoms with Crippen LogP contribution in [0.3, 0.4) is 0 Å². The molecule has 5 heteroatoms. The summed E-state index contributed by atoms with van der Waals surface area (Å²) in [5, 5.41) is 7.99. The monoisotopic (exact) mass is 277 g/mol. The zero-order chi connectivity index (χ0) is 15.1. The van der Waals surface area contributed by atoms with Crippen LogP contribution in [0.15, 0.2) is 24.3 Å². The Kier molecular flexibility index (Phi) is 6.18. The minimum atomic E-state index is -0.464. The fourth-order valence-corrected chi connectivity index (χ4v) is 1.83. The number of nitrogens with one attached hydrogen (secondary N) is 3. The highest BCUT2D eigenvalue weighted by molar-refractivity contribution is 5.96. The highest BCUT2D eigenvalue weighted by Gasteiger charge is 2.17. The fraction of sp³-hybridized carbons (Fsp3) is 0.467. The van der Waals surface area contributed by atoms with E-state index < -0.39 is 12.1 Å². The van der Waals surface area contributed by atoms with E-state index in [4.69, 9.17) is 0 Å². The molecule has 0 bridgehead atoms. The van der Waals surface area contributed by atoms with Crippen molar-refractivity contribution < 1.29 is 9.59 Å². The molecule has 3 N–H and O–H groups in total. The molecule has 0 heterocycles. The summed E-state index contributed by atoms with van der Waals surface area (Å²) in [6, 6.07) is 7.25. The Balaban J connectivity index is 2.52. The summed E-state index contributed by atoms with van der Waals surface area (Å²) in [5.41, 5.74) is 2.30. The Morgan fingerprint density at radius 2 is 1.75 bits per heavy atom. The van der Waals surface area contributed by atoms with Crippen molar-refractivity contribution in [3.05, 3.63) is 35.4 Å². The molecular formula is C15H23N3O2. The van der Waals surface area contributed by atoms with Crippen LogP contribution in [0.1, 0.15) is 37.9 Å². The highest BCUT2D eigenvalue weighted by Crippen LogP contribution is 2.13. The lowest BCUT2D eigenvalue weighted by molar-refractivity contribution is -0.121. The third-order valence-electron chi connectivity index (χ3n) is 3.04. The van der Waals surface area contributed by atoms with E-state index in [1.807, 2.05) is 38.1 Å². The van der Waals surface area contributed by atoms with Crippen molar-refractivity contribution in [2.45, 2.75) is 39.8 Å². The van der Waals surface area contributed by atoms with E-state index in [0.29, 0.717) is 6.54 Å². The summed E-state index contributed by atoms with van der Waals surface area (Å²) in [6.07, 6.45) is 0. The number of hydrogen-bond acceptors (Lipinski definition) is 3. The predicted molar refractivity (Wildman–Crippen MR) is 79.4 cm³/mol. The van der Waals surface area contributed by atoms with Gasteiger partial charge in [-0.3, -0.25) is 15.4 Å². The van der Waals surface area contributed by atoms with Crippen LogP contribution in [-0.4, -0.2) is 24.5 Å². The minimum Gasteiger partial charge on any atom is -0.338 e. The average Bonchev–Trinajstić information content (AvgIpc) is 2.39. The molecule has 1 unspecified atom stereocenters. The first-order valence-electron chi connectivity index (χ1n) is 6.85. The fourth-order valence-electron chi connectivity index (χ4n) is 1.83. The van der Waals surface area contributed by atoms with Gasteiger partial charge in [0.1, 0.15) is 0 Å². The van der Waals surface area contributed by atoms with Crippen LogP contribution in [0.5, 0.6) is 0 Å². The van der Waals surface area contributed by atoms with Crippen LogP contribution in [0.25, 0.3) is 0 Å². The van der Waals surface area contributed by atoms with E-state index in [9.17, 15) is 9.59 Å². The van der Waals surface area contributed by atoms with E-state index in [1.54, 1.807) is 13.8 Å². The molecule has 0 saturated heterocycles. The number of imide groups is 1. The zero-order valence-electron chi connectivity index (χ0n) is 12.5. The van der Waals surface area contributed by atoms with Gasteiger partial charge in [0.15, 0.2) is 0 Å². The zero-order valence-corrected chi connectivity index (χ0v) is 12.5. The minimum absolute atomic E-state index is 0.0330. The quantitative estimate of drug-likeness (QED) is 0.769. The van der Waals surface area contributed by atoms with E-state index in [2.05, 4.69) is 16.0 Å². The number of urea groups is 1. The predicted octanol–water partition coefficient (Wildman–Crippen LogP) is 1.88. The van der Waals surface area contributed by atoms with E-state index in [0.717, 1.165) is 5.56 Å². The molecular weight excluding hydrogens is 254 g/mol. The Hall–Kier alpha value is -1.88. The first-order valence-corrected chi connectivity index (χ1v) is 6.85. The van der Waals surface area contributed by atoms with Crippen LogP contribution >= 0.6 is 0 Å². The molecule has 0 radical (unpaired) electrons. The van der Waals surface area contributed by atoms with Gasteiger partial charge in [-0.2, -0.15) is 0 Å². The van der Waals surface area contributed by atoms with E-state index in [1.165, 1.54) is 5.56 Å². The summed E-state index contributed by atoms with van der Waals surface area (Å²) < 4.78 is 0. The summed E-state index contributed by atoms with van der Waals surface area (Å²) in [5.74, 6) is -0.338. The number of rotatable bonds is 5. The largest absolute Gasteiger partial charge is 0.338 e. The molecule has 0 fully saturated rings. The number of benzene rings is 1. The van der Waals surface area contributed by atoms with Gasteiger partial charge in [-0.15, -0.1) is 0 Å². The molecule has 5 nitrogen and oxygen atoms in total. The first kappa shape index (κ1) is 16.2. The van der Waals surface area contributed by atoms with Crippen molar-refractivity contribution in [1.29, 1.82) is 0 Å². The number of amides is 3. The standard InChI is InChI=1S/C15H23N3O2/c1-5-16-15(20)18-14(19)12(4)17-11(3)13-8-6-10(2)7-9-13/h6-9,11-12,17H,5H2,1-4H3,(H2,16,18,19,20)/t11-,12?/m1/s1. The molecule has 1 rings (SSSR count). The van der Waals surface area contributed by atoms with Gasteiger partial charge in [0.2, 0.25) is 5.91 Å². The molecule has 0 saturated carbocycles. The van der Waals surface area contributed by atoms with Crippen molar-refractivity contribution in [2.75, 3.05) is 6.54 Å². The van der Waals surface area contributed by atoms with Crippen molar-refractivity contribution >= 4 is 11.9 Å². The summed E-state index contributed by atoms with van der Waals surface area (Å²) in [4.78, 5) is 23.1. The molecule has 20 heavy (non-hydrogen) atoms. The molecule has 0 aromatic heterocycles. The maximum absolute atomic E-state index is 11.8. The molecule has 0 spiro atoms. The molecule has 0 aliphatic heterocycles. The van der Waals surface area contributed by atoms with Gasteiger partial charge in [0, 0.05) is 12.6 Å². The van der Waals surface area contributed by atoms with Gasteiger partial charge in [-0.25, -0.2) is 4.79 Å². The Bertz CT molecular complexity index is 457. The maximum atomic E-state index is 11.8. The Morgan fingerprint density at radius 3 is 2.30 bits per heavy atom. The van der Waals surface area contributed by atoms with Gasteiger partial charge >= 0.3 is 6.03 Å². The van der Waals surface area contributed by atoms with Gasteiger partial charge in [-0.05, 0) is 33.3 Å². The third-order valence-corrected chi connectivity index (χ3v) is 3.04. The molecule has 0 aliphatic carbocycles. The van der Waals surface area contributed by atoms with Crippen LogP contribution in [-0.2, 0) is 4.79 Å². The Morgan fingerprint density at radius 1 is 1.15 bits per heavy atom. The van der Waals surface area contributed by atoms with Crippen molar-refractivity contribution in [2.24, 2.45) is 0 Å². The van der Waals surface area contributed by atoms with Gasteiger partial charge in [0.05, 0.1) is 6.04 Å². The average molecular weight is 277 g/mol. The van der Waals surface area contributed by atoms with E-state index in [-0.39, 0.29) is 11.9 Å². The van der Waals surface area contributed by atoms with Gasteiger partial charge in [0.25, 0.3) is 0 Å². The second-order valence-electron chi connectivity index (χ2n) is 4.87. The van der Waals surface area contributed by atoms with Crippen LogP contribution < -0.4 is 16.0 Å². The Labute approximate surface area is 120 Å². The topological polar surface area (TPSA) is 70.2 Å². The number of hydrogen-bond donors (Lipinski definition) is 3. The van der Waals surface area contributed by atoms with Crippen LogP contribution in [0, 0.1) is 6.92 Å².